The minimum absolute atomic E-state index is 0.903. The predicted molar refractivity (Wildman–Crippen MR) is 79.0 cm³/mol. The number of anilines is 2. The largest absolute Gasteiger partial charge is 0.497 e. The molecule has 3 heteroatoms. The molecule has 0 saturated carbocycles. The normalized spacial score (nSPS) is 13.6. The molecule has 2 aromatic carbocycles. The molecule has 1 N–H and O–H groups in total. The van der Waals surface area contributed by atoms with Crippen LogP contribution in [0.25, 0.3) is 0 Å². The highest BCUT2D eigenvalue weighted by atomic mass is 16.5. The summed E-state index contributed by atoms with van der Waals surface area (Å²) in [6, 6.07) is 16.8. The Morgan fingerprint density at radius 2 is 2.00 bits per heavy atom. The van der Waals surface area contributed by atoms with Gasteiger partial charge in [0.2, 0.25) is 0 Å². The van der Waals surface area contributed by atoms with E-state index < -0.39 is 0 Å². The van der Waals surface area contributed by atoms with Crippen LogP contribution >= 0.6 is 0 Å². The second kappa shape index (κ2) is 5.22. The lowest BCUT2D eigenvalue weighted by Gasteiger charge is -2.32. The molecule has 0 atom stereocenters. The minimum Gasteiger partial charge on any atom is -0.497 e. The maximum absolute atomic E-state index is 5.32. The van der Waals surface area contributed by atoms with Crippen molar-refractivity contribution in [1.82, 2.24) is 0 Å². The summed E-state index contributed by atoms with van der Waals surface area (Å²) in [6.45, 7) is 2.92. The molecular formula is C16H18N2O. The lowest BCUT2D eigenvalue weighted by atomic mass is 10.1. The number of hydrogen-bond donors (Lipinski definition) is 1. The fourth-order valence-corrected chi connectivity index (χ4v) is 2.46. The van der Waals surface area contributed by atoms with E-state index in [0.717, 1.165) is 25.4 Å². The van der Waals surface area contributed by atoms with Crippen molar-refractivity contribution in [3.05, 3.63) is 54.1 Å². The van der Waals surface area contributed by atoms with Gasteiger partial charge in [-0.3, -0.25) is 0 Å². The molecule has 1 aliphatic heterocycles. The van der Waals surface area contributed by atoms with Gasteiger partial charge in [-0.1, -0.05) is 30.3 Å². The summed E-state index contributed by atoms with van der Waals surface area (Å²) in [6.07, 6.45) is 0. The number of rotatable bonds is 3. The summed E-state index contributed by atoms with van der Waals surface area (Å²) in [5, 5.41) is 3.43. The van der Waals surface area contributed by atoms with Crippen molar-refractivity contribution >= 4 is 11.4 Å². The summed E-state index contributed by atoms with van der Waals surface area (Å²) < 4.78 is 5.32. The van der Waals surface area contributed by atoms with E-state index in [1.54, 1.807) is 7.11 Å². The molecule has 0 aliphatic carbocycles. The highest BCUT2D eigenvalue weighted by Gasteiger charge is 2.17. The van der Waals surface area contributed by atoms with Gasteiger partial charge in [0.15, 0.2) is 0 Å². The number of hydrogen-bond acceptors (Lipinski definition) is 3. The van der Waals surface area contributed by atoms with Crippen molar-refractivity contribution < 1.29 is 4.74 Å². The molecule has 0 spiro atoms. The Bertz CT molecular complexity index is 554. The van der Waals surface area contributed by atoms with Gasteiger partial charge >= 0.3 is 0 Å². The molecule has 1 aliphatic rings. The molecular weight excluding hydrogens is 236 g/mol. The fraction of sp³-hybridized carbons (Fsp3) is 0.250. The van der Waals surface area contributed by atoms with E-state index in [-0.39, 0.29) is 0 Å². The summed E-state index contributed by atoms with van der Waals surface area (Å²) in [5.74, 6) is 0.903. The van der Waals surface area contributed by atoms with Gasteiger partial charge < -0.3 is 15.0 Å². The van der Waals surface area contributed by atoms with Crippen molar-refractivity contribution in [2.24, 2.45) is 0 Å². The topological polar surface area (TPSA) is 24.5 Å². The van der Waals surface area contributed by atoms with E-state index in [0.29, 0.717) is 0 Å². The van der Waals surface area contributed by atoms with Crippen LogP contribution in [0.2, 0.25) is 0 Å². The number of ether oxygens (including phenoxy) is 1. The first-order valence-electron chi connectivity index (χ1n) is 6.57. The molecule has 1 heterocycles. The highest BCUT2D eigenvalue weighted by molar-refractivity contribution is 5.73. The third-order valence-electron chi connectivity index (χ3n) is 3.46. The Labute approximate surface area is 113 Å². The molecule has 0 saturated heterocycles. The summed E-state index contributed by atoms with van der Waals surface area (Å²) >= 11 is 0. The third-order valence-corrected chi connectivity index (χ3v) is 3.46. The summed E-state index contributed by atoms with van der Waals surface area (Å²) in [7, 11) is 1.71. The van der Waals surface area contributed by atoms with Crippen molar-refractivity contribution in [3.8, 4) is 5.75 Å². The molecule has 3 nitrogen and oxygen atoms in total. The van der Waals surface area contributed by atoms with Crippen LogP contribution in [-0.4, -0.2) is 20.2 Å². The monoisotopic (exact) mass is 254 g/mol. The average molecular weight is 254 g/mol. The zero-order valence-electron chi connectivity index (χ0n) is 11.1. The molecule has 0 bridgehead atoms. The SMILES string of the molecule is COc1ccc2c(c1)N(Cc1ccccc1)CCN2. The summed E-state index contributed by atoms with van der Waals surface area (Å²) in [4.78, 5) is 2.39. The Kier molecular flexibility index (Phi) is 3.27. The molecule has 0 aromatic heterocycles. The van der Waals surface area contributed by atoms with E-state index in [1.807, 2.05) is 6.07 Å². The van der Waals surface area contributed by atoms with Gasteiger partial charge in [0.1, 0.15) is 5.75 Å². The van der Waals surface area contributed by atoms with E-state index in [9.17, 15) is 0 Å². The van der Waals surface area contributed by atoms with Gasteiger partial charge in [0.05, 0.1) is 18.5 Å². The fourth-order valence-electron chi connectivity index (χ4n) is 2.46. The van der Waals surface area contributed by atoms with E-state index in [2.05, 4.69) is 52.7 Å². The lowest BCUT2D eigenvalue weighted by Crippen LogP contribution is -2.33. The van der Waals surface area contributed by atoms with Gasteiger partial charge in [0.25, 0.3) is 0 Å². The van der Waals surface area contributed by atoms with Crippen molar-refractivity contribution in [1.29, 1.82) is 0 Å². The Balaban J connectivity index is 1.89. The molecule has 98 valence electrons. The standard InChI is InChI=1S/C16H18N2O/c1-19-14-7-8-15-16(11-14)18(10-9-17-15)12-13-5-3-2-4-6-13/h2-8,11,17H,9-10,12H2,1H3. The second-order valence-corrected chi connectivity index (χ2v) is 4.72. The third kappa shape index (κ3) is 2.50. The average Bonchev–Trinajstić information content (AvgIpc) is 2.48. The first-order chi connectivity index (χ1) is 9.36. The van der Waals surface area contributed by atoms with Gasteiger partial charge in [-0.2, -0.15) is 0 Å². The van der Waals surface area contributed by atoms with Gasteiger partial charge in [-0.25, -0.2) is 0 Å². The highest BCUT2D eigenvalue weighted by Crippen LogP contribution is 2.33. The Morgan fingerprint density at radius 3 is 2.79 bits per heavy atom. The number of fused-ring (bicyclic) bond motifs is 1. The van der Waals surface area contributed by atoms with Gasteiger partial charge in [0, 0.05) is 25.7 Å². The Morgan fingerprint density at radius 1 is 1.16 bits per heavy atom. The van der Waals surface area contributed by atoms with Crippen LogP contribution in [0.1, 0.15) is 5.56 Å². The molecule has 2 aromatic rings. The maximum Gasteiger partial charge on any atom is 0.121 e. The van der Waals surface area contributed by atoms with Crippen LogP contribution in [0.3, 0.4) is 0 Å². The predicted octanol–water partition coefficient (Wildman–Crippen LogP) is 3.13. The Hall–Kier alpha value is -2.16. The van der Waals surface area contributed by atoms with Crippen molar-refractivity contribution in [2.75, 3.05) is 30.4 Å². The molecule has 0 amide bonds. The van der Waals surface area contributed by atoms with Crippen molar-refractivity contribution in [3.63, 3.8) is 0 Å². The molecule has 3 rings (SSSR count). The molecule has 19 heavy (non-hydrogen) atoms. The molecule has 0 unspecified atom stereocenters. The number of nitrogens with zero attached hydrogens (tertiary/aromatic N) is 1. The van der Waals surface area contributed by atoms with Crippen LogP contribution in [0.15, 0.2) is 48.5 Å². The number of benzene rings is 2. The number of methoxy groups -OCH3 is 1. The first-order valence-corrected chi connectivity index (χ1v) is 6.57. The van der Waals surface area contributed by atoms with Crippen LogP contribution in [0, 0.1) is 0 Å². The second-order valence-electron chi connectivity index (χ2n) is 4.72. The van der Waals surface area contributed by atoms with E-state index in [4.69, 9.17) is 4.74 Å². The lowest BCUT2D eigenvalue weighted by molar-refractivity contribution is 0.414. The van der Waals surface area contributed by atoms with Crippen molar-refractivity contribution in [2.45, 2.75) is 6.54 Å². The van der Waals surface area contributed by atoms with Crippen LogP contribution in [0.5, 0.6) is 5.75 Å². The zero-order chi connectivity index (χ0) is 13.1. The van der Waals surface area contributed by atoms with Crippen LogP contribution in [0.4, 0.5) is 11.4 Å². The quantitative estimate of drug-likeness (QED) is 0.910. The zero-order valence-corrected chi connectivity index (χ0v) is 11.1. The maximum atomic E-state index is 5.32. The van der Waals surface area contributed by atoms with E-state index >= 15 is 0 Å². The van der Waals surface area contributed by atoms with Gasteiger partial charge in [-0.15, -0.1) is 0 Å². The minimum atomic E-state index is 0.903. The van der Waals surface area contributed by atoms with Crippen LogP contribution < -0.4 is 15.0 Å². The first kappa shape index (κ1) is 11.9. The summed E-state index contributed by atoms with van der Waals surface area (Å²) in [5.41, 5.74) is 3.73. The molecule has 0 fully saturated rings. The van der Waals surface area contributed by atoms with Crippen LogP contribution in [-0.2, 0) is 6.54 Å². The molecule has 0 radical (unpaired) electrons. The van der Waals surface area contributed by atoms with E-state index in [1.165, 1.54) is 16.9 Å². The number of nitrogens with one attached hydrogen (secondary N) is 1. The van der Waals surface area contributed by atoms with Gasteiger partial charge in [-0.05, 0) is 17.7 Å². The smallest absolute Gasteiger partial charge is 0.121 e.